The zero-order valence-electron chi connectivity index (χ0n) is 12.6. The summed E-state index contributed by atoms with van der Waals surface area (Å²) in [7, 11) is 5.53. The minimum atomic E-state index is -0.488. The molecule has 3 nitrogen and oxygen atoms in total. The predicted octanol–water partition coefficient (Wildman–Crippen LogP) is 2.94. The standard InChI is InChI=1S/C17H21FN2O/c1-20(2)11-12-5-4-6-13(9-12)17(19)15-8-7-14(21-3)10-16(15)18/h4-10,17H,11,19H2,1-3H3. The number of benzene rings is 2. The minimum Gasteiger partial charge on any atom is -0.497 e. The molecule has 0 radical (unpaired) electrons. The number of rotatable bonds is 5. The number of hydrogen-bond donors (Lipinski definition) is 1. The summed E-state index contributed by atoms with van der Waals surface area (Å²) in [5.41, 5.74) is 8.74. The largest absolute Gasteiger partial charge is 0.497 e. The van der Waals surface area contributed by atoms with Crippen LogP contribution in [-0.4, -0.2) is 26.1 Å². The molecule has 1 unspecified atom stereocenters. The number of nitrogens with two attached hydrogens (primary N) is 1. The first kappa shape index (κ1) is 15.5. The van der Waals surface area contributed by atoms with E-state index in [9.17, 15) is 4.39 Å². The lowest BCUT2D eigenvalue weighted by molar-refractivity contribution is 0.402. The molecule has 1 atom stereocenters. The molecular formula is C17H21FN2O. The average molecular weight is 288 g/mol. The number of ether oxygens (including phenoxy) is 1. The van der Waals surface area contributed by atoms with Gasteiger partial charge in [-0.2, -0.15) is 0 Å². The van der Waals surface area contributed by atoms with Gasteiger partial charge in [-0.25, -0.2) is 4.39 Å². The molecule has 4 heteroatoms. The molecule has 0 amide bonds. The van der Waals surface area contributed by atoms with Crippen molar-refractivity contribution in [2.75, 3.05) is 21.2 Å². The molecule has 2 rings (SSSR count). The van der Waals surface area contributed by atoms with Gasteiger partial charge in [0.05, 0.1) is 13.2 Å². The van der Waals surface area contributed by atoms with Crippen molar-refractivity contribution in [1.29, 1.82) is 0 Å². The molecule has 0 heterocycles. The Morgan fingerprint density at radius 2 is 1.95 bits per heavy atom. The van der Waals surface area contributed by atoms with Crippen LogP contribution in [0.15, 0.2) is 42.5 Å². The summed E-state index contributed by atoms with van der Waals surface area (Å²) >= 11 is 0. The van der Waals surface area contributed by atoms with Crippen LogP contribution >= 0.6 is 0 Å². The first-order chi connectivity index (χ1) is 10.0. The Morgan fingerprint density at radius 1 is 1.19 bits per heavy atom. The van der Waals surface area contributed by atoms with E-state index in [4.69, 9.17) is 10.5 Å². The van der Waals surface area contributed by atoms with Crippen molar-refractivity contribution in [3.05, 3.63) is 65.0 Å². The van der Waals surface area contributed by atoms with Gasteiger partial charge in [0.2, 0.25) is 0 Å². The number of halogens is 1. The Hall–Kier alpha value is -1.91. The Bertz CT molecular complexity index is 613. The zero-order chi connectivity index (χ0) is 15.4. The van der Waals surface area contributed by atoms with Gasteiger partial charge in [-0.3, -0.25) is 0 Å². The normalized spacial score (nSPS) is 12.5. The van der Waals surface area contributed by atoms with E-state index < -0.39 is 6.04 Å². The molecule has 0 spiro atoms. The summed E-state index contributed by atoms with van der Waals surface area (Å²) in [6.45, 7) is 0.825. The topological polar surface area (TPSA) is 38.5 Å². The molecule has 0 bridgehead atoms. The lowest BCUT2D eigenvalue weighted by Crippen LogP contribution is -2.15. The molecule has 0 aliphatic carbocycles. The Balaban J connectivity index is 2.29. The van der Waals surface area contributed by atoms with Gasteiger partial charge in [0.1, 0.15) is 11.6 Å². The van der Waals surface area contributed by atoms with E-state index in [1.54, 1.807) is 12.1 Å². The second kappa shape index (κ2) is 6.70. The highest BCUT2D eigenvalue weighted by Gasteiger charge is 2.14. The SMILES string of the molecule is COc1ccc(C(N)c2cccc(CN(C)C)c2)c(F)c1. The fraction of sp³-hybridized carbons (Fsp3) is 0.294. The van der Waals surface area contributed by atoms with Crippen molar-refractivity contribution >= 4 is 0 Å². The summed E-state index contributed by atoms with van der Waals surface area (Å²) in [4.78, 5) is 2.08. The molecule has 2 aromatic carbocycles. The Labute approximate surface area is 125 Å². The third-order valence-electron chi connectivity index (χ3n) is 3.35. The van der Waals surface area contributed by atoms with Gasteiger partial charge < -0.3 is 15.4 Å². The minimum absolute atomic E-state index is 0.347. The summed E-state index contributed by atoms with van der Waals surface area (Å²) in [5.74, 6) is 0.143. The molecular weight excluding hydrogens is 267 g/mol. The van der Waals surface area contributed by atoms with Crippen molar-refractivity contribution in [1.82, 2.24) is 4.90 Å². The van der Waals surface area contributed by atoms with Gasteiger partial charge >= 0.3 is 0 Å². The van der Waals surface area contributed by atoms with Crippen LogP contribution in [0.4, 0.5) is 4.39 Å². The van der Waals surface area contributed by atoms with Crippen molar-refractivity contribution in [2.24, 2.45) is 5.73 Å². The predicted molar refractivity (Wildman–Crippen MR) is 82.8 cm³/mol. The van der Waals surface area contributed by atoms with Gasteiger partial charge in [0, 0.05) is 18.2 Å². The van der Waals surface area contributed by atoms with Crippen LogP contribution in [-0.2, 0) is 6.54 Å². The van der Waals surface area contributed by atoms with Gasteiger partial charge in [0.15, 0.2) is 0 Å². The van der Waals surface area contributed by atoms with Crippen LogP contribution in [0.3, 0.4) is 0 Å². The van der Waals surface area contributed by atoms with Crippen LogP contribution in [0.2, 0.25) is 0 Å². The lowest BCUT2D eigenvalue weighted by atomic mass is 9.97. The van der Waals surface area contributed by atoms with Crippen LogP contribution in [0, 0.1) is 5.82 Å². The quantitative estimate of drug-likeness (QED) is 0.919. The van der Waals surface area contributed by atoms with E-state index in [1.807, 2.05) is 38.4 Å². The van der Waals surface area contributed by atoms with Crippen molar-refractivity contribution in [3.63, 3.8) is 0 Å². The van der Waals surface area contributed by atoms with Crippen LogP contribution < -0.4 is 10.5 Å². The molecule has 0 saturated carbocycles. The van der Waals surface area contributed by atoms with E-state index in [1.165, 1.54) is 13.2 Å². The van der Waals surface area contributed by atoms with E-state index in [2.05, 4.69) is 4.90 Å². The summed E-state index contributed by atoms with van der Waals surface area (Å²) in [6, 6.07) is 12.2. The molecule has 0 aliphatic rings. The maximum absolute atomic E-state index is 14.1. The monoisotopic (exact) mass is 288 g/mol. The summed E-state index contributed by atoms with van der Waals surface area (Å²) < 4.78 is 19.1. The summed E-state index contributed by atoms with van der Waals surface area (Å²) in [5, 5.41) is 0. The molecule has 0 aromatic heterocycles. The van der Waals surface area contributed by atoms with E-state index in [0.717, 1.165) is 17.7 Å². The number of methoxy groups -OCH3 is 1. The van der Waals surface area contributed by atoms with Crippen molar-refractivity contribution in [3.8, 4) is 5.75 Å². The van der Waals surface area contributed by atoms with Gasteiger partial charge in [-0.15, -0.1) is 0 Å². The smallest absolute Gasteiger partial charge is 0.132 e. The van der Waals surface area contributed by atoms with Crippen LogP contribution in [0.5, 0.6) is 5.75 Å². The van der Waals surface area contributed by atoms with Gasteiger partial charge in [-0.1, -0.05) is 30.3 Å². The van der Waals surface area contributed by atoms with Crippen molar-refractivity contribution < 1.29 is 9.13 Å². The fourth-order valence-electron chi connectivity index (χ4n) is 2.32. The third-order valence-corrected chi connectivity index (χ3v) is 3.35. The highest BCUT2D eigenvalue weighted by atomic mass is 19.1. The molecule has 2 N–H and O–H groups in total. The van der Waals surface area contributed by atoms with E-state index in [-0.39, 0.29) is 5.82 Å². The molecule has 0 fully saturated rings. The first-order valence-electron chi connectivity index (χ1n) is 6.84. The highest BCUT2D eigenvalue weighted by Crippen LogP contribution is 2.26. The van der Waals surface area contributed by atoms with E-state index >= 15 is 0 Å². The molecule has 2 aromatic rings. The second-order valence-corrected chi connectivity index (χ2v) is 5.35. The molecule has 112 valence electrons. The average Bonchev–Trinajstić information content (AvgIpc) is 2.46. The highest BCUT2D eigenvalue weighted by molar-refractivity contribution is 5.37. The fourth-order valence-corrected chi connectivity index (χ4v) is 2.32. The lowest BCUT2D eigenvalue weighted by Gasteiger charge is -2.16. The van der Waals surface area contributed by atoms with Gasteiger partial charge in [-0.05, 0) is 31.3 Å². The van der Waals surface area contributed by atoms with E-state index in [0.29, 0.717) is 11.3 Å². The number of nitrogens with zero attached hydrogens (tertiary/aromatic N) is 1. The third kappa shape index (κ3) is 3.80. The van der Waals surface area contributed by atoms with Crippen molar-refractivity contribution in [2.45, 2.75) is 12.6 Å². The summed E-state index contributed by atoms with van der Waals surface area (Å²) in [6.07, 6.45) is 0. The maximum Gasteiger partial charge on any atom is 0.132 e. The van der Waals surface area contributed by atoms with Crippen LogP contribution in [0.25, 0.3) is 0 Å². The second-order valence-electron chi connectivity index (χ2n) is 5.35. The van der Waals surface area contributed by atoms with Gasteiger partial charge in [0.25, 0.3) is 0 Å². The molecule has 0 aliphatic heterocycles. The molecule has 0 saturated heterocycles. The first-order valence-corrected chi connectivity index (χ1v) is 6.84. The molecule has 21 heavy (non-hydrogen) atoms. The maximum atomic E-state index is 14.1. The Morgan fingerprint density at radius 3 is 2.57 bits per heavy atom. The van der Waals surface area contributed by atoms with Crippen LogP contribution in [0.1, 0.15) is 22.7 Å². The Kier molecular flexibility index (Phi) is 4.94. The number of hydrogen-bond acceptors (Lipinski definition) is 3. The zero-order valence-corrected chi connectivity index (χ0v) is 12.6.